The number of nitrogens with zero attached hydrogens (tertiary/aromatic N) is 1. The van der Waals surface area contributed by atoms with Gasteiger partial charge in [-0.3, -0.25) is 19.3 Å². The van der Waals surface area contributed by atoms with Crippen molar-refractivity contribution in [2.45, 2.75) is 38.7 Å². The van der Waals surface area contributed by atoms with E-state index in [1.54, 1.807) is 0 Å². The molecule has 1 N–H and O–H groups in total. The van der Waals surface area contributed by atoms with Gasteiger partial charge in [0.1, 0.15) is 0 Å². The van der Waals surface area contributed by atoms with Crippen LogP contribution in [0.1, 0.15) is 63.7 Å². The number of esters is 1. The number of imide groups is 1. The minimum atomic E-state index is -0.720. The third kappa shape index (κ3) is 4.39. The lowest BCUT2D eigenvalue weighted by Gasteiger charge is -2.12. The number of ether oxygens (including phenoxy) is 2. The Kier molecular flexibility index (Phi) is 6.41. The van der Waals surface area contributed by atoms with Gasteiger partial charge in [0.15, 0.2) is 6.61 Å². The zero-order chi connectivity index (χ0) is 20.1. The van der Waals surface area contributed by atoms with Crippen molar-refractivity contribution in [2.75, 3.05) is 26.3 Å². The van der Waals surface area contributed by atoms with Gasteiger partial charge >= 0.3 is 5.97 Å². The van der Waals surface area contributed by atoms with Crippen molar-refractivity contribution in [1.82, 2.24) is 10.2 Å². The molecular formula is C20H24N2O6. The van der Waals surface area contributed by atoms with Crippen LogP contribution in [-0.2, 0) is 14.3 Å². The van der Waals surface area contributed by atoms with Crippen LogP contribution in [0.3, 0.4) is 0 Å². The van der Waals surface area contributed by atoms with Crippen molar-refractivity contribution >= 4 is 23.7 Å². The number of fused-ring (bicyclic) bond motifs is 1. The van der Waals surface area contributed by atoms with Crippen LogP contribution in [0.2, 0.25) is 0 Å². The molecule has 0 saturated carbocycles. The third-order valence-corrected chi connectivity index (χ3v) is 4.83. The third-order valence-electron chi connectivity index (χ3n) is 4.83. The summed E-state index contributed by atoms with van der Waals surface area (Å²) in [5.74, 6) is -1.89. The van der Waals surface area contributed by atoms with E-state index in [4.69, 9.17) is 9.47 Å². The number of hydrogen-bond acceptors (Lipinski definition) is 6. The Hall–Kier alpha value is -2.74. The van der Waals surface area contributed by atoms with E-state index in [1.165, 1.54) is 23.1 Å². The number of rotatable bonds is 8. The normalized spacial score (nSPS) is 18.3. The second-order valence-electron chi connectivity index (χ2n) is 6.89. The topological polar surface area (TPSA) is 102 Å². The van der Waals surface area contributed by atoms with Gasteiger partial charge in [0.05, 0.1) is 22.8 Å². The van der Waals surface area contributed by atoms with E-state index >= 15 is 0 Å². The van der Waals surface area contributed by atoms with Crippen LogP contribution >= 0.6 is 0 Å². The maximum absolute atomic E-state index is 12.4. The lowest BCUT2D eigenvalue weighted by Crippen LogP contribution is -2.34. The zero-order valence-electron chi connectivity index (χ0n) is 15.9. The maximum atomic E-state index is 12.4. The van der Waals surface area contributed by atoms with E-state index in [2.05, 4.69) is 5.32 Å². The minimum absolute atomic E-state index is 0.00978. The molecular weight excluding hydrogens is 364 g/mol. The summed E-state index contributed by atoms with van der Waals surface area (Å²) >= 11 is 0. The van der Waals surface area contributed by atoms with Crippen molar-refractivity contribution in [3.63, 3.8) is 0 Å². The van der Waals surface area contributed by atoms with Gasteiger partial charge in [0, 0.05) is 19.7 Å². The van der Waals surface area contributed by atoms with Crippen molar-refractivity contribution in [3.8, 4) is 0 Å². The number of hydrogen-bond donors (Lipinski definition) is 1. The maximum Gasteiger partial charge on any atom is 0.338 e. The van der Waals surface area contributed by atoms with Crippen molar-refractivity contribution in [1.29, 1.82) is 0 Å². The van der Waals surface area contributed by atoms with Crippen LogP contribution in [-0.4, -0.2) is 61.0 Å². The molecule has 2 heterocycles. The van der Waals surface area contributed by atoms with Gasteiger partial charge in [-0.05, 0) is 37.5 Å². The molecule has 0 spiro atoms. The van der Waals surface area contributed by atoms with Crippen LogP contribution in [0, 0.1) is 0 Å². The van der Waals surface area contributed by atoms with E-state index in [9.17, 15) is 19.2 Å². The molecule has 3 amide bonds. The molecule has 28 heavy (non-hydrogen) atoms. The number of nitrogens with one attached hydrogen (secondary N) is 1. The lowest BCUT2D eigenvalue weighted by atomic mass is 10.1. The Morgan fingerprint density at radius 1 is 1.25 bits per heavy atom. The molecule has 150 valence electrons. The fourth-order valence-corrected chi connectivity index (χ4v) is 3.24. The molecule has 1 saturated heterocycles. The molecule has 3 rings (SSSR count). The largest absolute Gasteiger partial charge is 0.452 e. The van der Waals surface area contributed by atoms with E-state index in [0.717, 1.165) is 25.7 Å². The Morgan fingerprint density at radius 3 is 2.75 bits per heavy atom. The van der Waals surface area contributed by atoms with Crippen molar-refractivity contribution in [3.05, 3.63) is 34.9 Å². The van der Waals surface area contributed by atoms with Crippen LogP contribution < -0.4 is 5.32 Å². The van der Waals surface area contributed by atoms with Gasteiger partial charge in [0.2, 0.25) is 0 Å². The highest BCUT2D eigenvalue weighted by molar-refractivity contribution is 6.21. The number of benzene rings is 1. The monoisotopic (exact) mass is 388 g/mol. The average molecular weight is 388 g/mol. The molecule has 0 bridgehead atoms. The highest BCUT2D eigenvalue weighted by atomic mass is 16.5. The van der Waals surface area contributed by atoms with Crippen LogP contribution in [0.5, 0.6) is 0 Å². The molecule has 1 atom stereocenters. The fourth-order valence-electron chi connectivity index (χ4n) is 3.24. The summed E-state index contributed by atoms with van der Waals surface area (Å²) in [6.07, 6.45) is 3.47. The highest BCUT2D eigenvalue weighted by Crippen LogP contribution is 2.24. The summed E-state index contributed by atoms with van der Waals surface area (Å²) in [4.78, 5) is 50.0. The molecule has 0 radical (unpaired) electrons. The first kappa shape index (κ1) is 20.0. The second-order valence-corrected chi connectivity index (χ2v) is 6.89. The molecule has 0 unspecified atom stereocenters. The van der Waals surface area contributed by atoms with Crippen LogP contribution in [0.4, 0.5) is 0 Å². The molecule has 8 nitrogen and oxygen atoms in total. The van der Waals surface area contributed by atoms with Crippen molar-refractivity contribution < 1.29 is 28.7 Å². The Morgan fingerprint density at radius 2 is 2.04 bits per heavy atom. The summed E-state index contributed by atoms with van der Waals surface area (Å²) in [6.45, 7) is 3.00. The predicted molar refractivity (Wildman–Crippen MR) is 99.0 cm³/mol. The van der Waals surface area contributed by atoms with Gasteiger partial charge < -0.3 is 14.8 Å². The first-order valence-corrected chi connectivity index (χ1v) is 9.57. The second kappa shape index (κ2) is 8.97. The van der Waals surface area contributed by atoms with E-state index in [-0.39, 0.29) is 28.7 Å². The summed E-state index contributed by atoms with van der Waals surface area (Å²) in [6, 6.07) is 4.24. The van der Waals surface area contributed by atoms with Gasteiger partial charge in [-0.2, -0.15) is 0 Å². The molecule has 2 aliphatic rings. The smallest absolute Gasteiger partial charge is 0.338 e. The van der Waals surface area contributed by atoms with Gasteiger partial charge in [-0.15, -0.1) is 0 Å². The first-order valence-electron chi connectivity index (χ1n) is 9.57. The van der Waals surface area contributed by atoms with E-state index < -0.39 is 24.4 Å². The molecule has 1 fully saturated rings. The SMILES string of the molecule is CCCCN1C(=O)c2ccc(C(=O)OCC(=O)NC[C@@H]3CCCO3)cc2C1=O. The quantitative estimate of drug-likeness (QED) is 0.535. The Bertz CT molecular complexity index is 785. The fraction of sp³-hybridized carbons (Fsp3) is 0.500. The summed E-state index contributed by atoms with van der Waals surface area (Å²) in [5, 5.41) is 2.66. The minimum Gasteiger partial charge on any atom is -0.452 e. The van der Waals surface area contributed by atoms with Crippen LogP contribution in [0.25, 0.3) is 0 Å². The van der Waals surface area contributed by atoms with E-state index in [0.29, 0.717) is 19.7 Å². The molecule has 0 aliphatic carbocycles. The van der Waals surface area contributed by atoms with E-state index in [1.807, 2.05) is 6.92 Å². The van der Waals surface area contributed by atoms with Crippen LogP contribution in [0.15, 0.2) is 18.2 Å². The summed E-state index contributed by atoms with van der Waals surface area (Å²) in [5.41, 5.74) is 0.606. The number of unbranched alkanes of at least 4 members (excludes halogenated alkanes) is 1. The number of carbonyl (C=O) groups excluding carboxylic acids is 4. The highest BCUT2D eigenvalue weighted by Gasteiger charge is 2.35. The number of carbonyl (C=O) groups is 4. The summed E-state index contributed by atoms with van der Waals surface area (Å²) in [7, 11) is 0. The molecule has 1 aromatic carbocycles. The molecule has 0 aromatic heterocycles. The lowest BCUT2D eigenvalue weighted by molar-refractivity contribution is -0.124. The Labute approximate surface area is 163 Å². The van der Waals surface area contributed by atoms with Crippen molar-refractivity contribution in [2.24, 2.45) is 0 Å². The molecule has 8 heteroatoms. The average Bonchev–Trinajstić information content (AvgIpc) is 3.30. The predicted octanol–water partition coefficient (Wildman–Crippen LogP) is 1.53. The standard InChI is InChI=1S/C20H24N2O6/c1-2-3-8-22-18(24)15-7-6-13(10-16(15)19(22)25)20(26)28-12-17(23)21-11-14-5-4-9-27-14/h6-7,10,14H,2-5,8-9,11-12H2,1H3,(H,21,23)/t14-/m0/s1. The molecule has 1 aromatic rings. The van der Waals surface area contributed by atoms with Gasteiger partial charge in [-0.25, -0.2) is 4.79 Å². The van der Waals surface area contributed by atoms with Gasteiger partial charge in [0.25, 0.3) is 17.7 Å². The van der Waals surface area contributed by atoms with Gasteiger partial charge in [-0.1, -0.05) is 13.3 Å². The Balaban J connectivity index is 1.55. The summed E-state index contributed by atoms with van der Waals surface area (Å²) < 4.78 is 10.4. The number of amides is 3. The first-order chi connectivity index (χ1) is 13.5. The molecule has 2 aliphatic heterocycles. The zero-order valence-corrected chi connectivity index (χ0v) is 15.9.